The first kappa shape index (κ1) is 21.1. The molecule has 2 aromatic rings. The molecule has 0 atom stereocenters. The van der Waals surface area contributed by atoms with Crippen molar-refractivity contribution in [3.63, 3.8) is 0 Å². The summed E-state index contributed by atoms with van der Waals surface area (Å²) in [6, 6.07) is 5.86. The van der Waals surface area contributed by atoms with Crippen LogP contribution in [0.5, 0.6) is 5.88 Å². The molecule has 7 nitrogen and oxygen atoms in total. The molecule has 0 aliphatic heterocycles. The van der Waals surface area contributed by atoms with Crippen LogP contribution < -0.4 is 15.4 Å². The number of aromatic nitrogens is 2. The number of aryl methyl sites for hydroxylation is 2. The number of pyridine rings is 2. The quantitative estimate of drug-likeness (QED) is 0.783. The van der Waals surface area contributed by atoms with Crippen molar-refractivity contribution in [1.82, 2.24) is 15.3 Å². The Bertz CT molecular complexity index is 885. The lowest BCUT2D eigenvalue weighted by atomic mass is 10.1. The lowest BCUT2D eigenvalue weighted by Crippen LogP contribution is -2.24. The van der Waals surface area contributed by atoms with Gasteiger partial charge >= 0.3 is 6.18 Å². The van der Waals surface area contributed by atoms with E-state index in [2.05, 4.69) is 25.3 Å². The van der Waals surface area contributed by atoms with Crippen LogP contribution in [-0.4, -0.2) is 34.6 Å². The summed E-state index contributed by atoms with van der Waals surface area (Å²) in [6.45, 7) is 3.33. The van der Waals surface area contributed by atoms with Crippen LogP contribution in [0.4, 0.5) is 19.0 Å². The molecule has 10 heteroatoms. The third-order valence-corrected chi connectivity index (χ3v) is 3.51. The van der Waals surface area contributed by atoms with Gasteiger partial charge in [-0.1, -0.05) is 6.07 Å². The lowest BCUT2D eigenvalue weighted by molar-refractivity contribution is -0.154. The molecular formula is C18H19F3N4O3. The van der Waals surface area contributed by atoms with E-state index in [9.17, 15) is 22.8 Å². The predicted molar refractivity (Wildman–Crippen MR) is 95.0 cm³/mol. The van der Waals surface area contributed by atoms with Crippen molar-refractivity contribution in [2.45, 2.75) is 33.5 Å². The molecule has 0 aromatic carbocycles. The minimum Gasteiger partial charge on any atom is -0.468 e. The van der Waals surface area contributed by atoms with Crippen LogP contribution in [0.2, 0.25) is 0 Å². The summed E-state index contributed by atoms with van der Waals surface area (Å²) in [5.41, 5.74) is 1.93. The molecule has 2 amide bonds. The fraction of sp³-hybridized carbons (Fsp3) is 0.333. The average Bonchev–Trinajstić information content (AvgIpc) is 2.57. The standard InChI is InChI=1S/C18H19F3N4O3/c1-10-6-14(7-15(23-10)25-12(3)26)17(27)22-8-13-4-5-16(24-11(13)2)28-9-18(19,20)21/h4-7H,8-9H2,1-3H3,(H,22,27)(H,23,25,26). The third-order valence-electron chi connectivity index (χ3n) is 3.51. The molecule has 0 aliphatic rings. The molecule has 150 valence electrons. The highest BCUT2D eigenvalue weighted by atomic mass is 19.4. The Hall–Kier alpha value is -3.17. The van der Waals surface area contributed by atoms with Gasteiger partial charge in [-0.25, -0.2) is 9.97 Å². The van der Waals surface area contributed by atoms with E-state index in [0.29, 0.717) is 22.5 Å². The topological polar surface area (TPSA) is 93.2 Å². The summed E-state index contributed by atoms with van der Waals surface area (Å²) in [5.74, 6) is -0.579. The first-order valence-corrected chi connectivity index (χ1v) is 8.24. The maximum Gasteiger partial charge on any atom is 0.422 e. The zero-order valence-corrected chi connectivity index (χ0v) is 15.5. The van der Waals surface area contributed by atoms with E-state index in [0.717, 1.165) is 0 Å². The highest BCUT2D eigenvalue weighted by molar-refractivity contribution is 5.96. The highest BCUT2D eigenvalue weighted by Gasteiger charge is 2.28. The van der Waals surface area contributed by atoms with Gasteiger partial charge in [0, 0.05) is 36.5 Å². The predicted octanol–water partition coefficient (Wildman–Crippen LogP) is 2.92. The lowest BCUT2D eigenvalue weighted by Gasteiger charge is -2.12. The molecule has 2 heterocycles. The van der Waals surface area contributed by atoms with Crippen LogP contribution in [0.1, 0.15) is 34.2 Å². The summed E-state index contributed by atoms with van der Waals surface area (Å²) < 4.78 is 41.2. The minimum atomic E-state index is -4.44. The number of rotatable bonds is 6. The number of carbonyl (C=O) groups excluding carboxylic acids is 2. The van der Waals surface area contributed by atoms with E-state index >= 15 is 0 Å². The zero-order chi connectivity index (χ0) is 20.9. The summed E-state index contributed by atoms with van der Waals surface area (Å²) >= 11 is 0. The molecule has 0 unspecified atom stereocenters. The van der Waals surface area contributed by atoms with Crippen LogP contribution in [-0.2, 0) is 11.3 Å². The molecule has 0 fully saturated rings. The van der Waals surface area contributed by atoms with Crippen LogP contribution in [0.3, 0.4) is 0 Å². The Morgan fingerprint density at radius 1 is 1.14 bits per heavy atom. The van der Waals surface area contributed by atoms with Gasteiger partial charge in [-0.2, -0.15) is 13.2 Å². The number of nitrogens with zero attached hydrogens (tertiary/aromatic N) is 2. The van der Waals surface area contributed by atoms with Crippen molar-refractivity contribution in [2.24, 2.45) is 0 Å². The Balaban J connectivity index is 2.02. The van der Waals surface area contributed by atoms with Crippen molar-refractivity contribution in [3.05, 3.63) is 46.8 Å². The first-order valence-electron chi connectivity index (χ1n) is 8.24. The molecule has 0 radical (unpaired) electrons. The van der Waals surface area contributed by atoms with Gasteiger partial charge in [0.15, 0.2) is 6.61 Å². The summed E-state index contributed by atoms with van der Waals surface area (Å²) in [6.07, 6.45) is -4.44. The number of amides is 2. The van der Waals surface area contributed by atoms with Gasteiger partial charge in [0.1, 0.15) is 5.82 Å². The van der Waals surface area contributed by atoms with Crippen molar-refractivity contribution in [1.29, 1.82) is 0 Å². The van der Waals surface area contributed by atoms with Gasteiger partial charge in [-0.15, -0.1) is 0 Å². The average molecular weight is 396 g/mol. The molecule has 0 bridgehead atoms. The molecule has 28 heavy (non-hydrogen) atoms. The van der Waals surface area contributed by atoms with E-state index in [-0.39, 0.29) is 24.1 Å². The molecule has 0 saturated heterocycles. The number of halogens is 3. The third kappa shape index (κ3) is 6.53. The maximum absolute atomic E-state index is 12.4. The molecule has 2 N–H and O–H groups in total. The second kappa shape index (κ2) is 8.68. The summed E-state index contributed by atoms with van der Waals surface area (Å²) in [4.78, 5) is 31.6. The van der Waals surface area contributed by atoms with Crippen LogP contribution >= 0.6 is 0 Å². The Labute approximate surface area is 159 Å². The number of hydrogen-bond acceptors (Lipinski definition) is 5. The Kier molecular flexibility index (Phi) is 6.55. The van der Waals surface area contributed by atoms with Gasteiger partial charge in [-0.05, 0) is 31.5 Å². The van der Waals surface area contributed by atoms with E-state index < -0.39 is 18.7 Å². The van der Waals surface area contributed by atoms with Crippen LogP contribution in [0.15, 0.2) is 24.3 Å². The smallest absolute Gasteiger partial charge is 0.422 e. The number of alkyl halides is 3. The van der Waals surface area contributed by atoms with E-state index in [1.165, 1.54) is 25.1 Å². The van der Waals surface area contributed by atoms with Gasteiger partial charge in [0.05, 0.1) is 0 Å². The fourth-order valence-electron chi connectivity index (χ4n) is 2.31. The number of ether oxygens (including phenoxy) is 1. The number of nitrogens with one attached hydrogen (secondary N) is 2. The summed E-state index contributed by atoms with van der Waals surface area (Å²) in [7, 11) is 0. The van der Waals surface area contributed by atoms with E-state index in [1.54, 1.807) is 19.9 Å². The van der Waals surface area contributed by atoms with Gasteiger partial charge in [0.2, 0.25) is 11.8 Å². The summed E-state index contributed by atoms with van der Waals surface area (Å²) in [5, 5.41) is 5.22. The second-order valence-corrected chi connectivity index (χ2v) is 6.04. The van der Waals surface area contributed by atoms with Gasteiger partial charge in [0.25, 0.3) is 5.91 Å². The Morgan fingerprint density at radius 3 is 2.46 bits per heavy atom. The normalized spacial score (nSPS) is 11.1. The van der Waals surface area contributed by atoms with Crippen molar-refractivity contribution < 1.29 is 27.5 Å². The van der Waals surface area contributed by atoms with Gasteiger partial charge in [-0.3, -0.25) is 9.59 Å². The van der Waals surface area contributed by atoms with Crippen molar-refractivity contribution in [3.8, 4) is 5.88 Å². The fourth-order valence-corrected chi connectivity index (χ4v) is 2.31. The monoisotopic (exact) mass is 396 g/mol. The SMILES string of the molecule is CC(=O)Nc1cc(C(=O)NCc2ccc(OCC(F)(F)F)nc2C)cc(C)n1. The maximum atomic E-state index is 12.4. The molecule has 0 spiro atoms. The number of carbonyl (C=O) groups is 2. The van der Waals surface area contributed by atoms with E-state index in [1.807, 2.05) is 0 Å². The number of hydrogen-bond donors (Lipinski definition) is 2. The van der Waals surface area contributed by atoms with Crippen molar-refractivity contribution in [2.75, 3.05) is 11.9 Å². The van der Waals surface area contributed by atoms with Crippen LogP contribution in [0.25, 0.3) is 0 Å². The van der Waals surface area contributed by atoms with Crippen LogP contribution in [0, 0.1) is 13.8 Å². The minimum absolute atomic E-state index is 0.119. The highest BCUT2D eigenvalue weighted by Crippen LogP contribution is 2.18. The molecule has 0 saturated carbocycles. The molecular weight excluding hydrogens is 377 g/mol. The number of anilines is 1. The zero-order valence-electron chi connectivity index (χ0n) is 15.5. The van der Waals surface area contributed by atoms with E-state index in [4.69, 9.17) is 0 Å². The Morgan fingerprint density at radius 2 is 1.86 bits per heavy atom. The second-order valence-electron chi connectivity index (χ2n) is 6.04. The molecule has 2 rings (SSSR count). The molecule has 0 aliphatic carbocycles. The van der Waals surface area contributed by atoms with Crippen molar-refractivity contribution >= 4 is 17.6 Å². The largest absolute Gasteiger partial charge is 0.468 e. The first-order chi connectivity index (χ1) is 13.0. The van der Waals surface area contributed by atoms with Gasteiger partial charge < -0.3 is 15.4 Å². The molecule has 2 aromatic heterocycles.